The number of aliphatic hydroxyl groups excluding tert-OH is 2. The molecule has 3 heterocycles. The van der Waals surface area contributed by atoms with Crippen molar-refractivity contribution in [1.29, 1.82) is 0 Å². The van der Waals surface area contributed by atoms with Crippen LogP contribution in [0.1, 0.15) is 12.6 Å². The van der Waals surface area contributed by atoms with Gasteiger partial charge >= 0.3 is 0 Å². The van der Waals surface area contributed by atoms with Gasteiger partial charge in [-0.3, -0.25) is 9.36 Å². The van der Waals surface area contributed by atoms with Crippen molar-refractivity contribution in [3.8, 4) is 0 Å². The quantitative estimate of drug-likeness (QED) is 0.631. The molecular weight excluding hydrogens is 242 g/mol. The van der Waals surface area contributed by atoms with Crippen LogP contribution in [0.3, 0.4) is 0 Å². The summed E-state index contributed by atoms with van der Waals surface area (Å²) in [7, 11) is 0. The van der Waals surface area contributed by atoms with Crippen LogP contribution in [-0.4, -0.2) is 53.6 Å². The molecule has 3 atom stereocenters. The SMILES string of the molecule is O=c1ccn([C@H]2C[C@H](O)[C@@H](CO)O2)c2nnnn12. The van der Waals surface area contributed by atoms with Gasteiger partial charge in [0.1, 0.15) is 12.3 Å². The number of hydrogen-bond donors (Lipinski definition) is 2. The predicted molar refractivity (Wildman–Crippen MR) is 56.7 cm³/mol. The number of ether oxygens (including phenoxy) is 1. The van der Waals surface area contributed by atoms with E-state index in [-0.39, 0.29) is 17.9 Å². The Morgan fingerprint density at radius 3 is 3.11 bits per heavy atom. The zero-order valence-electron chi connectivity index (χ0n) is 9.25. The second-order valence-electron chi connectivity index (χ2n) is 4.07. The average molecular weight is 253 g/mol. The van der Waals surface area contributed by atoms with Gasteiger partial charge in [0.25, 0.3) is 11.3 Å². The van der Waals surface area contributed by atoms with Crippen molar-refractivity contribution in [1.82, 2.24) is 24.6 Å². The standard InChI is InChI=1S/C9H11N5O4/c15-4-6-5(16)3-8(18-6)13-2-1-7(17)14-9(13)10-11-12-14/h1-2,5-6,8,15-16H,3-4H2/t5-,6+,8+/m0/s1. The maximum atomic E-state index is 11.5. The first-order chi connectivity index (χ1) is 8.70. The van der Waals surface area contributed by atoms with Crippen LogP contribution in [-0.2, 0) is 4.74 Å². The Bertz CT molecular complexity index is 623. The van der Waals surface area contributed by atoms with Crippen LogP contribution in [0.25, 0.3) is 5.78 Å². The molecule has 0 spiro atoms. The molecule has 18 heavy (non-hydrogen) atoms. The van der Waals surface area contributed by atoms with E-state index in [1.807, 2.05) is 0 Å². The van der Waals surface area contributed by atoms with Crippen molar-refractivity contribution in [3.63, 3.8) is 0 Å². The van der Waals surface area contributed by atoms with Gasteiger partial charge in [0.05, 0.1) is 12.7 Å². The maximum absolute atomic E-state index is 11.5. The van der Waals surface area contributed by atoms with E-state index in [4.69, 9.17) is 9.84 Å². The number of hydrogen-bond acceptors (Lipinski definition) is 7. The first-order valence-electron chi connectivity index (χ1n) is 5.44. The Labute approximate surface area is 100 Å². The molecule has 2 N–H and O–H groups in total. The normalized spacial score (nSPS) is 28.0. The summed E-state index contributed by atoms with van der Waals surface area (Å²) in [5.74, 6) is 0.235. The fraction of sp³-hybridized carbons (Fsp3) is 0.556. The summed E-state index contributed by atoms with van der Waals surface area (Å²) in [4.78, 5) is 11.5. The molecule has 96 valence electrons. The van der Waals surface area contributed by atoms with Crippen LogP contribution in [0.4, 0.5) is 0 Å². The van der Waals surface area contributed by atoms with E-state index in [0.29, 0.717) is 6.42 Å². The summed E-state index contributed by atoms with van der Waals surface area (Å²) in [5.41, 5.74) is -0.344. The Kier molecular flexibility index (Phi) is 2.58. The minimum absolute atomic E-state index is 0.235. The molecule has 9 heteroatoms. The summed E-state index contributed by atoms with van der Waals surface area (Å²) in [6, 6.07) is 1.31. The highest BCUT2D eigenvalue weighted by Crippen LogP contribution is 2.28. The van der Waals surface area contributed by atoms with Crippen molar-refractivity contribution >= 4 is 5.78 Å². The van der Waals surface area contributed by atoms with E-state index in [1.54, 1.807) is 4.57 Å². The average Bonchev–Trinajstić information content (AvgIpc) is 2.96. The van der Waals surface area contributed by atoms with Crippen molar-refractivity contribution in [2.75, 3.05) is 6.61 Å². The van der Waals surface area contributed by atoms with Gasteiger partial charge in [-0.25, -0.2) is 0 Å². The van der Waals surface area contributed by atoms with E-state index in [2.05, 4.69) is 15.5 Å². The van der Waals surface area contributed by atoms with Gasteiger partial charge in [-0.2, -0.15) is 0 Å². The maximum Gasteiger partial charge on any atom is 0.277 e. The van der Waals surface area contributed by atoms with Gasteiger partial charge in [0.2, 0.25) is 0 Å². The predicted octanol–water partition coefficient (Wildman–Crippen LogP) is -2.07. The molecule has 1 aliphatic heterocycles. The highest BCUT2D eigenvalue weighted by atomic mass is 16.5. The lowest BCUT2D eigenvalue weighted by atomic mass is 10.2. The van der Waals surface area contributed by atoms with Gasteiger partial charge in [0, 0.05) is 18.7 Å². The molecule has 0 saturated carbocycles. The van der Waals surface area contributed by atoms with Gasteiger partial charge < -0.3 is 14.9 Å². The Hall–Kier alpha value is -1.84. The Morgan fingerprint density at radius 2 is 2.39 bits per heavy atom. The summed E-state index contributed by atoms with van der Waals surface area (Å²) in [6.45, 7) is -0.265. The molecular formula is C9H11N5O4. The Balaban J connectivity index is 2.03. The first kappa shape index (κ1) is 11.3. The smallest absolute Gasteiger partial charge is 0.277 e. The number of tetrazole rings is 1. The van der Waals surface area contributed by atoms with Crippen LogP contribution in [0.15, 0.2) is 17.1 Å². The van der Waals surface area contributed by atoms with E-state index >= 15 is 0 Å². The van der Waals surface area contributed by atoms with E-state index < -0.39 is 18.4 Å². The number of aliphatic hydroxyl groups is 2. The number of rotatable bonds is 2. The second-order valence-corrected chi connectivity index (χ2v) is 4.07. The van der Waals surface area contributed by atoms with Crippen LogP contribution >= 0.6 is 0 Å². The van der Waals surface area contributed by atoms with Gasteiger partial charge in [-0.15, -0.1) is 4.52 Å². The molecule has 1 aliphatic rings. The van der Waals surface area contributed by atoms with Crippen molar-refractivity contribution in [2.24, 2.45) is 0 Å². The molecule has 0 aliphatic carbocycles. The van der Waals surface area contributed by atoms with E-state index in [0.717, 1.165) is 4.52 Å². The van der Waals surface area contributed by atoms with Crippen LogP contribution < -0.4 is 5.56 Å². The summed E-state index contributed by atoms with van der Waals surface area (Å²) in [5, 5.41) is 29.4. The summed E-state index contributed by atoms with van der Waals surface area (Å²) < 4.78 is 8.08. The number of fused-ring (bicyclic) bond motifs is 1. The summed E-state index contributed by atoms with van der Waals surface area (Å²) in [6.07, 6.45) is -0.0890. The molecule has 0 amide bonds. The highest BCUT2D eigenvalue weighted by Gasteiger charge is 2.35. The first-order valence-corrected chi connectivity index (χ1v) is 5.44. The minimum Gasteiger partial charge on any atom is -0.394 e. The molecule has 1 saturated heterocycles. The largest absolute Gasteiger partial charge is 0.394 e. The lowest BCUT2D eigenvalue weighted by molar-refractivity contribution is -0.0436. The monoisotopic (exact) mass is 253 g/mol. The highest BCUT2D eigenvalue weighted by molar-refractivity contribution is 5.25. The third-order valence-corrected chi connectivity index (χ3v) is 2.96. The van der Waals surface area contributed by atoms with Crippen molar-refractivity contribution < 1.29 is 14.9 Å². The molecule has 0 unspecified atom stereocenters. The molecule has 2 aromatic heterocycles. The third-order valence-electron chi connectivity index (χ3n) is 2.96. The molecule has 3 rings (SSSR count). The minimum atomic E-state index is -0.754. The van der Waals surface area contributed by atoms with Crippen LogP contribution in [0.5, 0.6) is 0 Å². The van der Waals surface area contributed by atoms with E-state index in [1.165, 1.54) is 12.3 Å². The van der Waals surface area contributed by atoms with Gasteiger partial charge in [-0.1, -0.05) is 5.10 Å². The molecule has 9 nitrogen and oxygen atoms in total. The molecule has 1 fully saturated rings. The zero-order chi connectivity index (χ0) is 12.7. The number of nitrogens with zero attached hydrogens (tertiary/aromatic N) is 5. The fourth-order valence-electron chi connectivity index (χ4n) is 2.04. The molecule has 0 bridgehead atoms. The molecule has 0 aromatic carbocycles. The second kappa shape index (κ2) is 4.12. The van der Waals surface area contributed by atoms with Crippen LogP contribution in [0.2, 0.25) is 0 Å². The summed E-state index contributed by atoms with van der Waals surface area (Å²) >= 11 is 0. The van der Waals surface area contributed by atoms with Crippen LogP contribution in [0, 0.1) is 0 Å². The fourth-order valence-corrected chi connectivity index (χ4v) is 2.04. The van der Waals surface area contributed by atoms with Crippen molar-refractivity contribution in [3.05, 3.63) is 22.6 Å². The topological polar surface area (TPSA) is 115 Å². The Morgan fingerprint density at radius 1 is 1.56 bits per heavy atom. The number of aromatic nitrogens is 5. The van der Waals surface area contributed by atoms with Crippen molar-refractivity contribution in [2.45, 2.75) is 24.9 Å². The zero-order valence-corrected chi connectivity index (χ0v) is 9.25. The molecule has 2 aromatic rings. The van der Waals surface area contributed by atoms with Gasteiger partial charge in [0.15, 0.2) is 0 Å². The third kappa shape index (κ3) is 1.60. The lowest BCUT2D eigenvalue weighted by Crippen LogP contribution is -2.24. The molecule has 0 radical (unpaired) electrons. The lowest BCUT2D eigenvalue weighted by Gasteiger charge is -2.15. The van der Waals surface area contributed by atoms with E-state index in [9.17, 15) is 9.90 Å². The van der Waals surface area contributed by atoms with Gasteiger partial charge in [-0.05, 0) is 10.4 Å².